The molecular weight excluding hydrogens is 221 g/mol. The van der Waals surface area contributed by atoms with Crippen LogP contribution in [0.3, 0.4) is 0 Å². The monoisotopic (exact) mass is 229 g/mol. The maximum Gasteiger partial charge on any atom is 0.146 e. The van der Waals surface area contributed by atoms with E-state index in [-0.39, 0.29) is 16.6 Å². The number of halogens is 2. The minimum absolute atomic E-state index is 0.129. The summed E-state index contributed by atoms with van der Waals surface area (Å²) in [5.41, 5.74) is 0.608. The smallest absolute Gasteiger partial charge is 0.146 e. The molecule has 1 nitrogen and oxygen atoms in total. The van der Waals surface area contributed by atoms with E-state index in [9.17, 15) is 4.39 Å². The molecule has 0 aliphatic carbocycles. The van der Waals surface area contributed by atoms with Gasteiger partial charge in [0.15, 0.2) is 0 Å². The number of hydrogen-bond donors (Lipinski definition) is 0. The van der Waals surface area contributed by atoms with Crippen LogP contribution in [0.5, 0.6) is 0 Å². The molecule has 0 bridgehead atoms. The van der Waals surface area contributed by atoms with Gasteiger partial charge in [0.2, 0.25) is 0 Å². The Morgan fingerprint density at radius 2 is 2.29 bits per heavy atom. The molecule has 1 aromatic rings. The van der Waals surface area contributed by atoms with Crippen molar-refractivity contribution in [2.45, 2.75) is 18.2 Å². The quantitative estimate of drug-likeness (QED) is 0.739. The standard InChI is InChI=1S/C10H9ClFNS/c1-2-7-3-4-8(14-6-5-13)9(11)10(7)12/h3-4H,2,6H2,1H3. The molecule has 0 aliphatic heterocycles. The van der Waals surface area contributed by atoms with Gasteiger partial charge in [0, 0.05) is 4.90 Å². The fourth-order valence-electron chi connectivity index (χ4n) is 1.07. The Kier molecular flexibility index (Phi) is 4.24. The van der Waals surface area contributed by atoms with Gasteiger partial charge >= 0.3 is 0 Å². The first-order valence-electron chi connectivity index (χ1n) is 4.17. The van der Waals surface area contributed by atoms with Gasteiger partial charge in [-0.2, -0.15) is 5.26 Å². The van der Waals surface area contributed by atoms with Gasteiger partial charge < -0.3 is 0 Å². The van der Waals surface area contributed by atoms with Crippen molar-refractivity contribution in [3.63, 3.8) is 0 Å². The van der Waals surface area contributed by atoms with Gasteiger partial charge in [-0.25, -0.2) is 4.39 Å². The number of hydrogen-bond acceptors (Lipinski definition) is 2. The number of thioether (sulfide) groups is 1. The highest BCUT2D eigenvalue weighted by molar-refractivity contribution is 7.99. The van der Waals surface area contributed by atoms with Gasteiger partial charge in [-0.3, -0.25) is 0 Å². The molecule has 0 spiro atoms. The third-order valence-electron chi connectivity index (χ3n) is 1.80. The molecule has 0 unspecified atom stereocenters. The molecule has 0 amide bonds. The van der Waals surface area contributed by atoms with Gasteiger partial charge in [0.05, 0.1) is 16.8 Å². The van der Waals surface area contributed by atoms with E-state index in [1.807, 2.05) is 13.0 Å². The molecule has 14 heavy (non-hydrogen) atoms. The van der Waals surface area contributed by atoms with Crippen LogP contribution in [0.2, 0.25) is 5.02 Å². The highest BCUT2D eigenvalue weighted by Gasteiger charge is 2.10. The first kappa shape index (κ1) is 11.4. The van der Waals surface area contributed by atoms with Crippen molar-refractivity contribution in [2.75, 3.05) is 5.75 Å². The summed E-state index contributed by atoms with van der Waals surface area (Å²) in [6, 6.07) is 5.44. The van der Waals surface area contributed by atoms with Crippen molar-refractivity contribution in [3.8, 4) is 6.07 Å². The van der Waals surface area contributed by atoms with Crippen LogP contribution in [0.4, 0.5) is 4.39 Å². The second kappa shape index (κ2) is 5.23. The summed E-state index contributed by atoms with van der Waals surface area (Å²) in [6.07, 6.45) is 0.620. The summed E-state index contributed by atoms with van der Waals surface area (Å²) < 4.78 is 13.5. The van der Waals surface area contributed by atoms with E-state index < -0.39 is 0 Å². The predicted octanol–water partition coefficient (Wildman–Crippen LogP) is 3.66. The lowest BCUT2D eigenvalue weighted by atomic mass is 10.1. The summed E-state index contributed by atoms with van der Waals surface area (Å²) in [5.74, 6) is -0.0814. The zero-order valence-corrected chi connectivity index (χ0v) is 9.25. The van der Waals surface area contributed by atoms with Crippen molar-refractivity contribution in [2.24, 2.45) is 0 Å². The second-order valence-corrected chi connectivity index (χ2v) is 4.05. The zero-order chi connectivity index (χ0) is 10.6. The average Bonchev–Trinajstić information content (AvgIpc) is 2.20. The Bertz CT molecular complexity index is 373. The molecular formula is C10H9ClFNS. The molecule has 74 valence electrons. The van der Waals surface area contributed by atoms with Crippen LogP contribution in [-0.4, -0.2) is 5.75 Å². The number of aryl methyl sites for hydroxylation is 1. The molecule has 0 atom stereocenters. The van der Waals surface area contributed by atoms with E-state index in [0.29, 0.717) is 16.9 Å². The maximum absolute atomic E-state index is 13.5. The molecule has 0 heterocycles. The van der Waals surface area contributed by atoms with E-state index in [0.717, 1.165) is 0 Å². The largest absolute Gasteiger partial charge is 0.205 e. The van der Waals surface area contributed by atoms with Crippen LogP contribution in [0.25, 0.3) is 0 Å². The van der Waals surface area contributed by atoms with E-state index >= 15 is 0 Å². The lowest BCUT2D eigenvalue weighted by Gasteiger charge is -2.05. The molecule has 1 rings (SSSR count). The van der Waals surface area contributed by atoms with Gasteiger partial charge in [-0.15, -0.1) is 11.8 Å². The summed E-state index contributed by atoms with van der Waals surface area (Å²) in [5, 5.41) is 8.51. The highest BCUT2D eigenvalue weighted by Crippen LogP contribution is 2.31. The summed E-state index contributed by atoms with van der Waals surface area (Å²) in [6.45, 7) is 1.87. The Morgan fingerprint density at radius 1 is 1.57 bits per heavy atom. The minimum Gasteiger partial charge on any atom is -0.205 e. The lowest BCUT2D eigenvalue weighted by molar-refractivity contribution is 0.609. The van der Waals surface area contributed by atoms with Gasteiger partial charge in [-0.1, -0.05) is 24.6 Å². The van der Waals surface area contributed by atoms with Gasteiger partial charge in [0.25, 0.3) is 0 Å². The van der Waals surface area contributed by atoms with Crippen molar-refractivity contribution in [1.29, 1.82) is 5.26 Å². The maximum atomic E-state index is 13.5. The number of nitriles is 1. The van der Waals surface area contributed by atoms with Crippen molar-refractivity contribution in [1.82, 2.24) is 0 Å². The summed E-state index contributed by atoms with van der Waals surface area (Å²) in [7, 11) is 0. The Morgan fingerprint density at radius 3 is 2.86 bits per heavy atom. The third-order valence-corrected chi connectivity index (χ3v) is 3.21. The third kappa shape index (κ3) is 2.40. The number of rotatable bonds is 3. The van der Waals surface area contributed by atoms with Gasteiger partial charge in [-0.05, 0) is 18.1 Å². The molecule has 0 fully saturated rings. The van der Waals surface area contributed by atoms with Crippen LogP contribution in [0.15, 0.2) is 17.0 Å². The molecule has 4 heteroatoms. The molecule has 0 saturated carbocycles. The molecule has 0 aliphatic rings. The van der Waals surface area contributed by atoms with E-state index in [1.54, 1.807) is 12.1 Å². The predicted molar refractivity (Wildman–Crippen MR) is 57.1 cm³/mol. The Labute approximate surface area is 91.9 Å². The number of nitrogens with zero attached hydrogens (tertiary/aromatic N) is 1. The molecule has 0 aromatic heterocycles. The minimum atomic E-state index is -0.364. The Balaban J connectivity index is 2.99. The molecule has 1 aromatic carbocycles. The fraction of sp³-hybridized carbons (Fsp3) is 0.300. The highest BCUT2D eigenvalue weighted by atomic mass is 35.5. The van der Waals surface area contributed by atoms with Crippen LogP contribution in [-0.2, 0) is 6.42 Å². The van der Waals surface area contributed by atoms with Crippen LogP contribution < -0.4 is 0 Å². The van der Waals surface area contributed by atoms with Crippen LogP contribution >= 0.6 is 23.4 Å². The zero-order valence-electron chi connectivity index (χ0n) is 7.68. The number of benzene rings is 1. The van der Waals surface area contributed by atoms with E-state index in [4.69, 9.17) is 16.9 Å². The topological polar surface area (TPSA) is 23.8 Å². The SMILES string of the molecule is CCc1ccc(SCC#N)c(Cl)c1F. The van der Waals surface area contributed by atoms with E-state index in [1.165, 1.54) is 11.8 Å². The van der Waals surface area contributed by atoms with Crippen molar-refractivity contribution >= 4 is 23.4 Å². The van der Waals surface area contributed by atoms with E-state index in [2.05, 4.69) is 0 Å². The fourth-order valence-corrected chi connectivity index (χ4v) is 2.01. The van der Waals surface area contributed by atoms with Crippen LogP contribution in [0, 0.1) is 17.1 Å². The summed E-state index contributed by atoms with van der Waals surface area (Å²) in [4.78, 5) is 0.628. The lowest BCUT2D eigenvalue weighted by Crippen LogP contribution is -1.90. The Hall–Kier alpha value is -0.720. The summed E-state index contributed by atoms with van der Waals surface area (Å²) >= 11 is 7.05. The first-order chi connectivity index (χ1) is 6.70. The van der Waals surface area contributed by atoms with Gasteiger partial charge in [0.1, 0.15) is 5.82 Å². The van der Waals surface area contributed by atoms with Crippen molar-refractivity contribution in [3.05, 3.63) is 28.5 Å². The van der Waals surface area contributed by atoms with Crippen LogP contribution in [0.1, 0.15) is 12.5 Å². The average molecular weight is 230 g/mol. The molecule has 0 radical (unpaired) electrons. The molecule has 0 N–H and O–H groups in total. The van der Waals surface area contributed by atoms with Crippen molar-refractivity contribution < 1.29 is 4.39 Å². The second-order valence-electron chi connectivity index (χ2n) is 2.65. The molecule has 0 saturated heterocycles. The first-order valence-corrected chi connectivity index (χ1v) is 5.53. The normalized spacial score (nSPS) is 9.86.